The Kier molecular flexibility index (Phi) is 3.32. The topological polar surface area (TPSA) is 74.9 Å². The molecule has 1 aromatic rings. The fraction of sp³-hybridized carbons (Fsp3) is 0.643. The molecule has 2 saturated heterocycles. The van der Waals surface area contributed by atoms with E-state index in [1.165, 1.54) is 0 Å². The number of fused-ring (bicyclic) bond motifs is 2. The molecule has 0 aliphatic carbocycles. The van der Waals surface area contributed by atoms with E-state index in [1.807, 2.05) is 11.9 Å². The van der Waals surface area contributed by atoms with Crippen molar-refractivity contribution in [3.05, 3.63) is 24.0 Å². The molecule has 2 fully saturated rings. The largest absolute Gasteiger partial charge is 0.453 e. The van der Waals surface area contributed by atoms with Gasteiger partial charge in [0, 0.05) is 19.3 Å². The molecule has 2 aliphatic heterocycles. The Balaban J connectivity index is 1.78. The van der Waals surface area contributed by atoms with Crippen molar-refractivity contribution in [1.29, 1.82) is 0 Å². The predicted molar refractivity (Wildman–Crippen MR) is 71.2 cm³/mol. The monoisotopic (exact) mass is 280 g/mol. The second-order valence-electron chi connectivity index (χ2n) is 5.79. The third-order valence-corrected chi connectivity index (χ3v) is 4.58. The number of rotatable bonds is 2. The summed E-state index contributed by atoms with van der Waals surface area (Å²) in [4.78, 5) is 14.2. The SMILES string of the molecule is CN1[C@@H]2C[C@H](O)C[C@H]1[C@@H](O)[C@H]2OC(=O)c1cccn1C. The van der Waals surface area contributed by atoms with Crippen molar-refractivity contribution in [3.8, 4) is 0 Å². The Morgan fingerprint density at radius 3 is 2.65 bits per heavy atom. The van der Waals surface area contributed by atoms with Gasteiger partial charge >= 0.3 is 5.97 Å². The number of esters is 1. The van der Waals surface area contributed by atoms with Gasteiger partial charge in [0.2, 0.25) is 0 Å². The number of aliphatic hydroxyl groups excluding tert-OH is 2. The number of likely N-dealkylation sites (N-methyl/N-ethyl adjacent to an activating group) is 1. The highest BCUT2D eigenvalue weighted by molar-refractivity contribution is 5.87. The van der Waals surface area contributed by atoms with E-state index in [-0.39, 0.29) is 12.1 Å². The molecule has 0 radical (unpaired) electrons. The molecule has 0 saturated carbocycles. The van der Waals surface area contributed by atoms with E-state index < -0.39 is 24.3 Å². The van der Waals surface area contributed by atoms with Crippen molar-refractivity contribution in [3.63, 3.8) is 0 Å². The number of carbonyl (C=O) groups is 1. The number of aromatic nitrogens is 1. The summed E-state index contributed by atoms with van der Waals surface area (Å²) < 4.78 is 7.21. The molecule has 6 nitrogen and oxygen atoms in total. The first-order valence-corrected chi connectivity index (χ1v) is 6.89. The number of aliphatic hydroxyl groups is 2. The summed E-state index contributed by atoms with van der Waals surface area (Å²) in [6.45, 7) is 0. The van der Waals surface area contributed by atoms with E-state index in [0.29, 0.717) is 18.5 Å². The minimum Gasteiger partial charge on any atom is -0.453 e. The van der Waals surface area contributed by atoms with Crippen LogP contribution in [-0.2, 0) is 11.8 Å². The van der Waals surface area contributed by atoms with E-state index in [1.54, 1.807) is 29.9 Å². The number of ether oxygens (including phenoxy) is 1. The standard InChI is InChI=1S/C14H20N2O4/c1-15-5-3-4-9(15)14(19)20-13-11-7-8(17)6-10(12(13)18)16(11)2/h3-5,8,10-13,17-18H,6-7H2,1-2H3/t8-,10+,11-,12-,13+/m1/s1. The molecule has 6 heteroatoms. The van der Waals surface area contributed by atoms with E-state index in [9.17, 15) is 15.0 Å². The molecule has 20 heavy (non-hydrogen) atoms. The van der Waals surface area contributed by atoms with Gasteiger partial charge in [0.15, 0.2) is 0 Å². The van der Waals surface area contributed by atoms with Gasteiger partial charge < -0.3 is 19.5 Å². The normalized spacial score (nSPS) is 37.1. The van der Waals surface area contributed by atoms with Crippen LogP contribution >= 0.6 is 0 Å². The van der Waals surface area contributed by atoms with Crippen LogP contribution in [-0.4, -0.2) is 63.1 Å². The molecule has 2 N–H and O–H groups in total. The predicted octanol–water partition coefficient (Wildman–Crippen LogP) is -0.251. The molecule has 0 spiro atoms. The van der Waals surface area contributed by atoms with Crippen LogP contribution in [0.2, 0.25) is 0 Å². The van der Waals surface area contributed by atoms with Crippen LogP contribution in [0.1, 0.15) is 23.3 Å². The van der Waals surface area contributed by atoms with Gasteiger partial charge in [-0.25, -0.2) is 4.79 Å². The second kappa shape index (κ2) is 4.87. The van der Waals surface area contributed by atoms with Crippen LogP contribution in [0.5, 0.6) is 0 Å². The smallest absolute Gasteiger partial charge is 0.355 e. The molecule has 110 valence electrons. The van der Waals surface area contributed by atoms with Gasteiger partial charge in [-0.15, -0.1) is 0 Å². The molecule has 3 heterocycles. The van der Waals surface area contributed by atoms with Gasteiger partial charge in [-0.1, -0.05) is 0 Å². The zero-order valence-corrected chi connectivity index (χ0v) is 11.6. The molecule has 2 bridgehead atoms. The number of piperidine rings is 1. The average molecular weight is 280 g/mol. The maximum atomic E-state index is 12.2. The highest BCUT2D eigenvalue weighted by atomic mass is 16.6. The molecule has 3 rings (SSSR count). The van der Waals surface area contributed by atoms with Gasteiger partial charge in [0.05, 0.1) is 12.1 Å². The van der Waals surface area contributed by atoms with Crippen LogP contribution in [0, 0.1) is 0 Å². The molecular weight excluding hydrogens is 260 g/mol. The second-order valence-corrected chi connectivity index (χ2v) is 5.79. The minimum absolute atomic E-state index is 0.122. The summed E-state index contributed by atoms with van der Waals surface area (Å²) in [6.07, 6.45) is 1.06. The summed E-state index contributed by atoms with van der Waals surface area (Å²) in [6, 6.07) is 3.20. The number of hydrogen-bond donors (Lipinski definition) is 2. The minimum atomic E-state index is -0.744. The van der Waals surface area contributed by atoms with Gasteiger partial charge in [0.1, 0.15) is 17.9 Å². The Morgan fingerprint density at radius 2 is 2.00 bits per heavy atom. The van der Waals surface area contributed by atoms with Crippen LogP contribution in [0.3, 0.4) is 0 Å². The fourth-order valence-electron chi connectivity index (χ4n) is 3.43. The lowest BCUT2D eigenvalue weighted by Crippen LogP contribution is -2.45. The van der Waals surface area contributed by atoms with Crippen molar-refractivity contribution in [1.82, 2.24) is 9.47 Å². The molecule has 0 aromatic carbocycles. The Hall–Kier alpha value is -1.37. The summed E-state index contributed by atoms with van der Waals surface area (Å²) in [5.41, 5.74) is 0.460. The highest BCUT2D eigenvalue weighted by Crippen LogP contribution is 2.36. The van der Waals surface area contributed by atoms with Gasteiger partial charge in [-0.2, -0.15) is 0 Å². The first kappa shape index (κ1) is 13.6. The summed E-state index contributed by atoms with van der Waals surface area (Å²) in [5.74, 6) is -0.433. The number of carbonyl (C=O) groups excluding carboxylic acids is 1. The first-order valence-electron chi connectivity index (χ1n) is 6.89. The number of aryl methyl sites for hydroxylation is 1. The fourth-order valence-corrected chi connectivity index (χ4v) is 3.43. The van der Waals surface area contributed by atoms with Gasteiger partial charge in [-0.05, 0) is 32.0 Å². The maximum absolute atomic E-state index is 12.2. The zero-order chi connectivity index (χ0) is 14.4. The van der Waals surface area contributed by atoms with E-state index >= 15 is 0 Å². The Labute approximate surface area is 117 Å². The average Bonchev–Trinajstić information content (AvgIpc) is 2.87. The lowest BCUT2D eigenvalue weighted by Gasteiger charge is -2.34. The third kappa shape index (κ3) is 2.04. The number of hydrogen-bond acceptors (Lipinski definition) is 5. The van der Waals surface area contributed by atoms with Gasteiger partial charge in [0.25, 0.3) is 0 Å². The number of nitrogens with zero attached hydrogens (tertiary/aromatic N) is 2. The third-order valence-electron chi connectivity index (χ3n) is 4.58. The van der Waals surface area contributed by atoms with Gasteiger partial charge in [-0.3, -0.25) is 4.90 Å². The van der Waals surface area contributed by atoms with Crippen molar-refractivity contribution in [2.75, 3.05) is 7.05 Å². The van der Waals surface area contributed by atoms with Crippen molar-refractivity contribution < 1.29 is 19.7 Å². The molecule has 2 aliphatic rings. The lowest BCUT2D eigenvalue weighted by molar-refractivity contribution is -0.0135. The Bertz CT molecular complexity index is 515. The molecular formula is C14H20N2O4. The van der Waals surface area contributed by atoms with Crippen LogP contribution in [0.4, 0.5) is 0 Å². The molecule has 1 aromatic heterocycles. The lowest BCUT2D eigenvalue weighted by atomic mass is 10.0. The van der Waals surface area contributed by atoms with Crippen molar-refractivity contribution >= 4 is 5.97 Å². The molecule has 0 unspecified atom stereocenters. The van der Waals surface area contributed by atoms with E-state index in [2.05, 4.69) is 0 Å². The summed E-state index contributed by atoms with van der Waals surface area (Å²) >= 11 is 0. The Morgan fingerprint density at radius 1 is 1.30 bits per heavy atom. The van der Waals surface area contributed by atoms with E-state index in [4.69, 9.17) is 4.74 Å². The summed E-state index contributed by atoms with van der Waals surface area (Å²) in [7, 11) is 3.68. The highest BCUT2D eigenvalue weighted by Gasteiger charge is 2.52. The quantitative estimate of drug-likeness (QED) is 0.731. The molecule has 5 atom stereocenters. The first-order chi connectivity index (χ1) is 9.49. The van der Waals surface area contributed by atoms with Crippen molar-refractivity contribution in [2.45, 2.75) is 43.2 Å². The van der Waals surface area contributed by atoms with E-state index in [0.717, 1.165) is 0 Å². The van der Waals surface area contributed by atoms with Crippen molar-refractivity contribution in [2.24, 2.45) is 7.05 Å². The van der Waals surface area contributed by atoms with Crippen LogP contribution < -0.4 is 0 Å². The van der Waals surface area contributed by atoms with Crippen LogP contribution in [0.15, 0.2) is 18.3 Å². The zero-order valence-electron chi connectivity index (χ0n) is 11.6. The molecule has 0 amide bonds. The maximum Gasteiger partial charge on any atom is 0.355 e. The summed E-state index contributed by atoms with van der Waals surface area (Å²) in [5, 5.41) is 20.1. The van der Waals surface area contributed by atoms with Crippen LogP contribution in [0.25, 0.3) is 0 Å².